The van der Waals surface area contributed by atoms with Crippen LogP contribution in [0.3, 0.4) is 0 Å². The number of ketones is 1. The number of esters is 1. The van der Waals surface area contributed by atoms with Crippen molar-refractivity contribution in [2.24, 2.45) is 17.6 Å². The van der Waals surface area contributed by atoms with Gasteiger partial charge in [0.1, 0.15) is 6.61 Å². The van der Waals surface area contributed by atoms with Crippen LogP contribution in [-0.4, -0.2) is 80.2 Å². The van der Waals surface area contributed by atoms with Gasteiger partial charge in [0.05, 0.1) is 38.9 Å². The lowest BCUT2D eigenvalue weighted by atomic mass is 9.89. The highest BCUT2D eigenvalue weighted by atomic mass is 19.2. The molecule has 0 saturated carbocycles. The number of amides is 5. The average molecular weight is 832 g/mol. The number of nitrogens with two attached hydrogens (primary N) is 1. The van der Waals surface area contributed by atoms with Crippen LogP contribution in [0.5, 0.6) is 5.75 Å². The van der Waals surface area contributed by atoms with Crippen molar-refractivity contribution in [1.29, 1.82) is 0 Å². The lowest BCUT2D eigenvalue weighted by Gasteiger charge is -2.24. The molecule has 0 aliphatic rings. The molecule has 0 bridgehead atoms. The zero-order valence-electron chi connectivity index (χ0n) is 32.9. The molecule has 2 atom stereocenters. The Morgan fingerprint density at radius 3 is 1.91 bits per heavy atom. The van der Waals surface area contributed by atoms with Gasteiger partial charge in [-0.05, 0) is 57.2 Å². The predicted octanol–water partition coefficient (Wildman–Crippen LogP) is 4.93. The number of anilines is 1. The maximum Gasteiger partial charge on any atom is 0.407 e. The third kappa shape index (κ3) is 17.4. The van der Waals surface area contributed by atoms with Gasteiger partial charge in [0.15, 0.2) is 5.78 Å². The first-order valence-corrected chi connectivity index (χ1v) is 18.3. The van der Waals surface area contributed by atoms with E-state index in [-0.39, 0.29) is 64.8 Å². The van der Waals surface area contributed by atoms with Crippen LogP contribution in [-0.2, 0) is 40.0 Å². The molecule has 322 valence electrons. The van der Waals surface area contributed by atoms with Crippen LogP contribution < -0.4 is 31.7 Å². The van der Waals surface area contributed by atoms with Gasteiger partial charge in [-0.1, -0.05) is 26.0 Å². The summed E-state index contributed by atoms with van der Waals surface area (Å²) in [5.41, 5.74) is 5.76. The van der Waals surface area contributed by atoms with Crippen LogP contribution in [0, 0.1) is 40.9 Å². The molecule has 0 spiro atoms. The summed E-state index contributed by atoms with van der Waals surface area (Å²) < 4.78 is 87.1. The van der Waals surface area contributed by atoms with Crippen LogP contribution in [0.2, 0.25) is 0 Å². The zero-order chi connectivity index (χ0) is 43.6. The monoisotopic (exact) mass is 831 g/mol. The molecule has 0 radical (unpaired) electrons. The number of benzene rings is 2. The smallest absolute Gasteiger partial charge is 0.407 e. The number of ether oxygens (including phenoxy) is 4. The molecule has 0 heterocycles. The summed E-state index contributed by atoms with van der Waals surface area (Å²) in [5, 5.41) is 10.6. The number of hydrogen-bond donors (Lipinski definition) is 5. The fourth-order valence-corrected chi connectivity index (χ4v) is 5.02. The number of carbonyl (C=O) groups is 6. The van der Waals surface area contributed by atoms with E-state index in [4.69, 9.17) is 19.9 Å². The molecule has 58 heavy (non-hydrogen) atoms. The van der Waals surface area contributed by atoms with E-state index < -0.39 is 94.4 Å². The number of rotatable bonds is 23. The summed E-state index contributed by atoms with van der Waals surface area (Å²) in [5.74, 6) is -17.1. The minimum Gasteiger partial charge on any atom is -0.445 e. The summed E-state index contributed by atoms with van der Waals surface area (Å²) >= 11 is 0. The Labute approximate surface area is 332 Å². The van der Waals surface area contributed by atoms with Gasteiger partial charge in [0.2, 0.25) is 46.6 Å². The largest absolute Gasteiger partial charge is 0.445 e. The summed E-state index contributed by atoms with van der Waals surface area (Å²) in [6.45, 7) is 8.45. The molecule has 15 nitrogen and oxygen atoms in total. The fraction of sp³-hybridized carbons (Fsp3) is 0.526. The minimum atomic E-state index is -2.40. The van der Waals surface area contributed by atoms with Crippen LogP contribution >= 0.6 is 0 Å². The van der Waals surface area contributed by atoms with E-state index >= 15 is 0 Å². The lowest BCUT2D eigenvalue weighted by Crippen LogP contribution is -2.45. The van der Waals surface area contributed by atoms with Crippen molar-refractivity contribution in [1.82, 2.24) is 16.0 Å². The second-order valence-electron chi connectivity index (χ2n) is 14.3. The molecule has 0 saturated heterocycles. The number of alkyl carbamates (subject to hydrolysis) is 1. The Balaban J connectivity index is 1.84. The maximum absolute atomic E-state index is 13.7. The maximum atomic E-state index is 13.7. The van der Waals surface area contributed by atoms with Crippen molar-refractivity contribution in [2.45, 2.75) is 84.9 Å². The molecule has 20 heteroatoms. The van der Waals surface area contributed by atoms with Crippen LogP contribution in [0.1, 0.15) is 72.3 Å². The second kappa shape index (κ2) is 23.8. The van der Waals surface area contributed by atoms with E-state index in [1.54, 1.807) is 38.1 Å². The van der Waals surface area contributed by atoms with Crippen LogP contribution in [0.25, 0.3) is 0 Å². The first-order chi connectivity index (χ1) is 27.2. The zero-order valence-corrected chi connectivity index (χ0v) is 32.9. The molecule has 0 unspecified atom stereocenters. The van der Waals surface area contributed by atoms with Gasteiger partial charge >= 0.3 is 18.1 Å². The fourth-order valence-electron chi connectivity index (χ4n) is 5.02. The normalized spacial score (nSPS) is 12.3. The number of hydrogen-bond acceptors (Lipinski definition) is 10. The molecule has 2 aromatic carbocycles. The van der Waals surface area contributed by atoms with Gasteiger partial charge in [0, 0.05) is 36.5 Å². The summed E-state index contributed by atoms with van der Waals surface area (Å²) in [7, 11) is 0. The molecule has 5 amide bonds. The standard InChI is InChI=1S/C38H50F5N5O10/c1-21(2)33(47-26(50)12-15-55-17-18-56-16-13-27(51)58-34-31(42)29(40)28(39)30(41)32(34)43)25(49)19-23(7-6-14-45-36(44)53)35(52)46-24-10-8-22(9-11-24)20-57-37(54)48-38(3,4)5/h8-11,21,23,33H,6-7,12-20H2,1-5H3,(H,46,52)(H,47,50)(H,48,54)(H3,44,45,53)/t23-,33+/m1/s1. The Morgan fingerprint density at radius 1 is 0.793 bits per heavy atom. The van der Waals surface area contributed by atoms with Crippen LogP contribution in [0.15, 0.2) is 24.3 Å². The van der Waals surface area contributed by atoms with E-state index in [1.807, 2.05) is 20.8 Å². The average Bonchev–Trinajstić information content (AvgIpc) is 3.14. The molecule has 0 fully saturated rings. The number of Topliss-reactive ketones (excluding diaryl/α,β-unsaturated/α-hetero) is 1. The molecular formula is C38H50F5N5O10. The van der Waals surface area contributed by atoms with Crippen molar-refractivity contribution < 1.29 is 69.7 Å². The van der Waals surface area contributed by atoms with E-state index in [2.05, 4.69) is 26.0 Å². The SMILES string of the molecule is CC(C)[C@H](NC(=O)CCOCCOCCC(=O)Oc1c(F)c(F)c(F)c(F)c1F)C(=O)C[C@@H](CCCNC(N)=O)C(=O)Nc1ccc(COC(=O)NC(C)(C)C)cc1. The molecule has 6 N–H and O–H groups in total. The Kier molecular flexibility index (Phi) is 20.0. The first kappa shape index (κ1) is 48.8. The van der Waals surface area contributed by atoms with Gasteiger partial charge in [-0.25, -0.2) is 22.8 Å². The van der Waals surface area contributed by atoms with Crippen molar-refractivity contribution in [3.63, 3.8) is 0 Å². The Bertz CT molecular complexity index is 1710. The van der Waals surface area contributed by atoms with Crippen molar-refractivity contribution in [3.8, 4) is 5.75 Å². The second-order valence-corrected chi connectivity index (χ2v) is 14.3. The first-order valence-electron chi connectivity index (χ1n) is 18.3. The number of nitrogens with one attached hydrogen (secondary N) is 4. The van der Waals surface area contributed by atoms with E-state index in [0.29, 0.717) is 17.7 Å². The summed E-state index contributed by atoms with van der Waals surface area (Å²) in [6, 6.07) is 4.88. The topological polar surface area (TPSA) is 213 Å². The highest BCUT2D eigenvalue weighted by Crippen LogP contribution is 2.29. The lowest BCUT2D eigenvalue weighted by molar-refractivity contribution is -0.136. The molecule has 0 aliphatic heterocycles. The highest BCUT2D eigenvalue weighted by Gasteiger charge is 2.30. The van der Waals surface area contributed by atoms with Crippen molar-refractivity contribution >= 4 is 41.4 Å². The van der Waals surface area contributed by atoms with Crippen molar-refractivity contribution in [3.05, 3.63) is 58.9 Å². The molecule has 2 aromatic rings. The van der Waals surface area contributed by atoms with Crippen molar-refractivity contribution in [2.75, 3.05) is 38.3 Å². The van der Waals surface area contributed by atoms with E-state index in [0.717, 1.165) is 0 Å². The highest BCUT2D eigenvalue weighted by molar-refractivity contribution is 5.97. The number of primary amides is 1. The Morgan fingerprint density at radius 2 is 1.36 bits per heavy atom. The number of halogens is 5. The van der Waals surface area contributed by atoms with E-state index in [9.17, 15) is 50.7 Å². The van der Waals surface area contributed by atoms with Gasteiger partial charge in [-0.2, -0.15) is 8.78 Å². The van der Waals surface area contributed by atoms with Gasteiger partial charge in [-0.3, -0.25) is 19.2 Å². The predicted molar refractivity (Wildman–Crippen MR) is 198 cm³/mol. The summed E-state index contributed by atoms with van der Waals surface area (Å²) in [6.07, 6.45) is -1.04. The Hall–Kier alpha value is -5.37. The van der Waals surface area contributed by atoms with E-state index in [1.165, 1.54) is 0 Å². The summed E-state index contributed by atoms with van der Waals surface area (Å²) in [4.78, 5) is 74.5. The third-order valence-corrected chi connectivity index (χ3v) is 7.93. The van der Waals surface area contributed by atoms with Gasteiger partial charge < -0.3 is 45.9 Å². The quantitative estimate of drug-likeness (QED) is 0.0254. The van der Waals surface area contributed by atoms with Gasteiger partial charge in [0.25, 0.3) is 0 Å². The van der Waals surface area contributed by atoms with Gasteiger partial charge in [-0.15, -0.1) is 0 Å². The molecule has 0 aromatic heterocycles. The van der Waals surface area contributed by atoms with Crippen LogP contribution in [0.4, 0.5) is 37.2 Å². The molecular weight excluding hydrogens is 781 g/mol. The number of urea groups is 1. The third-order valence-electron chi connectivity index (χ3n) is 7.93. The molecule has 0 aliphatic carbocycles. The number of carbonyl (C=O) groups excluding carboxylic acids is 6. The molecule has 2 rings (SSSR count). The minimum absolute atomic E-state index is 0.00291.